The number of esters is 3. The van der Waals surface area contributed by atoms with Crippen LogP contribution in [0.25, 0.3) is 10.2 Å². The fraction of sp³-hybridized carbons (Fsp3) is 0.237. The number of carbonyl (C=O) groups is 6. The molecule has 0 bridgehead atoms. The number of aromatic nitrogens is 1. The molecule has 4 amide bonds. The Morgan fingerprint density at radius 3 is 2.13 bits per heavy atom. The number of morpholine rings is 1. The average Bonchev–Trinajstić information content (AvgIpc) is 4.25. The molecule has 7 unspecified atom stereocenters. The number of hydrogen-bond donors (Lipinski definition) is 3. The largest absolute Gasteiger partial charge is 0.491 e. The highest BCUT2D eigenvalue weighted by atomic mass is 32.1. The third-order valence-electron chi connectivity index (χ3n) is 14.2. The monoisotopic (exact) mass is 1040 g/mol. The van der Waals surface area contributed by atoms with Crippen molar-refractivity contribution in [1.29, 1.82) is 0 Å². The summed E-state index contributed by atoms with van der Waals surface area (Å²) in [5, 5.41) is 16.4. The van der Waals surface area contributed by atoms with Crippen LogP contribution in [0.1, 0.15) is 71.0 Å². The molecule has 2 saturated heterocycles. The van der Waals surface area contributed by atoms with Crippen molar-refractivity contribution in [3.8, 4) is 17.6 Å². The van der Waals surface area contributed by atoms with E-state index in [0.717, 1.165) is 29.4 Å². The van der Waals surface area contributed by atoms with Crippen LogP contribution in [0.4, 0.5) is 15.6 Å². The number of hydrogen-bond acceptors (Lipinski definition) is 14. The van der Waals surface area contributed by atoms with E-state index >= 15 is 19.2 Å². The first-order valence-electron chi connectivity index (χ1n) is 24.6. The fourth-order valence-electron chi connectivity index (χ4n) is 10.9. The number of nitrogens with one attached hydrogen (secondary N) is 2. The minimum Gasteiger partial charge on any atom is -0.491 e. The lowest BCUT2D eigenvalue weighted by Crippen LogP contribution is -2.55. The number of nitrogens with zero attached hydrogens (tertiary/aromatic N) is 3. The highest BCUT2D eigenvalue weighted by Gasteiger charge is 2.76. The Bertz CT molecular complexity index is 3370. The zero-order valence-corrected chi connectivity index (χ0v) is 42.3. The van der Waals surface area contributed by atoms with E-state index in [9.17, 15) is 14.7 Å². The lowest BCUT2D eigenvalue weighted by molar-refractivity contribution is -0.178. The number of para-hydroxylation sites is 2. The number of ether oxygens (including phenoxy) is 4. The summed E-state index contributed by atoms with van der Waals surface area (Å²) in [6.45, 7) is 1.25. The van der Waals surface area contributed by atoms with Crippen LogP contribution in [0, 0.1) is 23.7 Å². The number of benzene rings is 6. The molecule has 0 saturated carbocycles. The second-order valence-electron chi connectivity index (χ2n) is 18.4. The smallest absolute Gasteiger partial charge is 0.329 e. The molecule has 16 nitrogen and oxygen atoms in total. The number of carbonyl (C=O) groups excluding carboxylic acids is 6. The van der Waals surface area contributed by atoms with Crippen molar-refractivity contribution in [2.24, 2.45) is 11.8 Å². The van der Waals surface area contributed by atoms with E-state index in [4.69, 9.17) is 23.9 Å². The van der Waals surface area contributed by atoms with Gasteiger partial charge in [-0.1, -0.05) is 145 Å². The van der Waals surface area contributed by atoms with Crippen LogP contribution in [0.3, 0.4) is 0 Å². The van der Waals surface area contributed by atoms with Crippen LogP contribution in [-0.4, -0.2) is 84.2 Å². The van der Waals surface area contributed by atoms with Crippen LogP contribution >= 0.6 is 11.3 Å². The van der Waals surface area contributed by atoms with Crippen molar-refractivity contribution in [3.05, 3.63) is 191 Å². The fourth-order valence-corrected chi connectivity index (χ4v) is 11.8. The molecule has 3 N–H and O–H groups in total. The summed E-state index contributed by atoms with van der Waals surface area (Å²) in [5.74, 6) is -1.03. The van der Waals surface area contributed by atoms with Gasteiger partial charge in [-0.25, -0.2) is 14.7 Å². The molecule has 76 heavy (non-hydrogen) atoms. The third kappa shape index (κ3) is 9.10. The quantitative estimate of drug-likeness (QED) is 0.0433. The first-order chi connectivity index (χ1) is 37.0. The first kappa shape index (κ1) is 50.8. The van der Waals surface area contributed by atoms with Crippen LogP contribution < -0.4 is 20.3 Å². The number of anilines is 2. The third-order valence-corrected chi connectivity index (χ3v) is 15.1. The van der Waals surface area contributed by atoms with E-state index in [2.05, 4.69) is 22.5 Å². The van der Waals surface area contributed by atoms with Gasteiger partial charge in [-0.3, -0.25) is 28.9 Å². The number of methoxy groups -OCH3 is 2. The maximum absolute atomic E-state index is 16.9. The average molecular weight is 1040 g/mol. The summed E-state index contributed by atoms with van der Waals surface area (Å²) < 4.78 is 23.5. The van der Waals surface area contributed by atoms with Gasteiger partial charge < -0.3 is 34.7 Å². The molecule has 1 spiro atoms. The molecule has 0 aliphatic carbocycles. The molecule has 3 aliphatic heterocycles. The van der Waals surface area contributed by atoms with Crippen molar-refractivity contribution in [2.45, 2.75) is 49.0 Å². The molecule has 17 heteroatoms. The number of thiazole rings is 1. The molecule has 384 valence electrons. The van der Waals surface area contributed by atoms with Crippen molar-refractivity contribution in [2.75, 3.05) is 37.7 Å². The lowest BCUT2D eigenvalue weighted by atomic mass is 9.65. The maximum atomic E-state index is 16.9. The lowest BCUT2D eigenvalue weighted by Gasteiger charge is -2.46. The minimum atomic E-state index is -2.23. The van der Waals surface area contributed by atoms with Gasteiger partial charge in [-0.05, 0) is 65.6 Å². The Kier molecular flexibility index (Phi) is 14.5. The second-order valence-corrected chi connectivity index (χ2v) is 19.4. The van der Waals surface area contributed by atoms with Crippen molar-refractivity contribution < 1.29 is 52.8 Å². The van der Waals surface area contributed by atoms with Gasteiger partial charge in [0.25, 0.3) is 0 Å². The maximum Gasteiger partial charge on any atom is 0.329 e. The zero-order valence-electron chi connectivity index (χ0n) is 41.5. The Labute approximate surface area is 441 Å². The van der Waals surface area contributed by atoms with Gasteiger partial charge in [0.1, 0.15) is 29.9 Å². The predicted octanol–water partition coefficient (Wildman–Crippen LogP) is 8.15. The summed E-state index contributed by atoms with van der Waals surface area (Å²) >= 11 is 1.21. The van der Waals surface area contributed by atoms with E-state index in [1.165, 1.54) is 11.3 Å². The number of fused-ring (bicyclic) bond motifs is 4. The number of amides is 4. The Morgan fingerprint density at radius 2 is 1.45 bits per heavy atom. The number of aliphatic hydroxyl groups is 1. The SMILES string of the molecule is COC(=O)C(CC#Cc1ccc2c(c1)C1(C(=O)N2C(=O)NC(C)c2ccccc2)C(C(=O)Nc2nc3ccccc3s2)C2C(=O)OC(c3ccccc3)C(c3ccccc3)N2C1c1ccccc1OCCO)C(=O)OC. The Morgan fingerprint density at radius 1 is 0.803 bits per heavy atom. The predicted molar refractivity (Wildman–Crippen MR) is 282 cm³/mol. The molecule has 6 aromatic carbocycles. The Balaban J connectivity index is 1.27. The van der Waals surface area contributed by atoms with E-state index in [1.54, 1.807) is 55.5 Å². The second kappa shape index (κ2) is 21.6. The summed E-state index contributed by atoms with van der Waals surface area (Å²) in [7, 11) is 2.29. The molecule has 7 aromatic rings. The summed E-state index contributed by atoms with van der Waals surface area (Å²) in [6, 6.07) is 41.5. The number of imide groups is 1. The summed E-state index contributed by atoms with van der Waals surface area (Å²) in [4.78, 5) is 97.1. The minimum absolute atomic E-state index is 0.0935. The van der Waals surface area contributed by atoms with Gasteiger partial charge in [0.05, 0.1) is 60.8 Å². The number of urea groups is 1. The van der Waals surface area contributed by atoms with Crippen LogP contribution in [0.2, 0.25) is 0 Å². The van der Waals surface area contributed by atoms with Gasteiger partial charge in [0.2, 0.25) is 11.8 Å². The number of rotatable bonds is 13. The summed E-state index contributed by atoms with van der Waals surface area (Å²) in [6.07, 6.45) is -1.32. The zero-order chi connectivity index (χ0) is 53.1. The molecule has 10 rings (SSSR count). The van der Waals surface area contributed by atoms with E-state index in [-0.39, 0.29) is 47.3 Å². The van der Waals surface area contributed by atoms with Gasteiger partial charge >= 0.3 is 23.9 Å². The van der Waals surface area contributed by atoms with Crippen molar-refractivity contribution in [3.63, 3.8) is 0 Å². The molecule has 3 aliphatic rings. The molecule has 7 atom stereocenters. The molecule has 1 aromatic heterocycles. The molecular formula is C59H51N5O11S. The van der Waals surface area contributed by atoms with E-state index in [0.29, 0.717) is 22.2 Å². The standard InChI is InChI=1S/C59H51N5O11S/c1-35(37-19-7-4-8-20-37)60-58(71)63-44-31-30-36(18-17-26-41(53(67)72-2)54(68)73-3)34-42(44)59(56(63)70)47(52(66)62-57-61-43-27-14-16-29-46(43)76-57)49-55(69)75-50(39-23-11-6-12-24-39)48(38-21-9-5-10-22-38)64(49)51(59)40-25-13-15-28-45(40)74-33-32-65/h4-16,19-25,27-31,34-35,41,47-51,65H,26,32-33H2,1-3H3,(H,60,71)(H,61,62,66). The molecule has 2 fully saturated rings. The Hall–Kier alpha value is -8.69. The first-order valence-corrected chi connectivity index (χ1v) is 25.4. The summed E-state index contributed by atoms with van der Waals surface area (Å²) in [5.41, 5.74) is 1.30. The highest BCUT2D eigenvalue weighted by molar-refractivity contribution is 7.22. The van der Waals surface area contributed by atoms with Crippen LogP contribution in [0.5, 0.6) is 5.75 Å². The number of cyclic esters (lactones) is 1. The van der Waals surface area contributed by atoms with Gasteiger partial charge in [0.15, 0.2) is 11.0 Å². The molecular weight excluding hydrogens is 987 g/mol. The van der Waals surface area contributed by atoms with E-state index in [1.807, 2.05) is 114 Å². The van der Waals surface area contributed by atoms with Crippen LogP contribution in [-0.2, 0) is 43.6 Å². The van der Waals surface area contributed by atoms with E-state index < -0.39 is 83.3 Å². The molecule has 4 heterocycles. The number of aliphatic hydroxyl groups excluding tert-OH is 1. The normalized spacial score (nSPS) is 21.0. The molecule has 0 radical (unpaired) electrons. The topological polar surface area (TPSA) is 203 Å². The van der Waals surface area contributed by atoms with Gasteiger partial charge in [0, 0.05) is 17.5 Å². The van der Waals surface area contributed by atoms with Crippen molar-refractivity contribution >= 4 is 68.1 Å². The van der Waals surface area contributed by atoms with Crippen LogP contribution in [0.15, 0.2) is 158 Å². The van der Waals surface area contributed by atoms with Crippen molar-refractivity contribution in [1.82, 2.24) is 15.2 Å². The van der Waals surface area contributed by atoms with Gasteiger partial charge in [-0.2, -0.15) is 0 Å². The van der Waals surface area contributed by atoms with Gasteiger partial charge in [-0.15, -0.1) is 0 Å². The highest BCUT2D eigenvalue weighted by Crippen LogP contribution is 2.67.